The molecule has 0 aliphatic heterocycles. The molecule has 0 rings (SSSR count). The van der Waals surface area contributed by atoms with Crippen molar-refractivity contribution in [2.45, 2.75) is 18.6 Å². The van der Waals surface area contributed by atoms with Gasteiger partial charge in [0, 0.05) is 13.0 Å². The second-order valence-electron chi connectivity index (χ2n) is 2.07. The number of aliphatic carboxylic acids is 1. The van der Waals surface area contributed by atoms with Gasteiger partial charge in [-0.1, -0.05) is 0 Å². The van der Waals surface area contributed by atoms with Crippen molar-refractivity contribution in [3.8, 4) is 0 Å². The Labute approximate surface area is 82.9 Å². The Bertz CT molecular complexity index is 125. The Kier molecular flexibility index (Phi) is 13.4. The number of carbonyl (C=O) groups is 1. The maximum atomic E-state index is 10.1. The van der Waals surface area contributed by atoms with Crippen LogP contribution < -0.4 is 11.5 Å². The zero-order valence-electron chi connectivity index (χ0n) is 6.34. The number of nitrogens with two attached hydrogens (primary N) is 2. The second kappa shape index (κ2) is 9.02. The largest absolute Gasteiger partial charge is 0.480 e. The van der Waals surface area contributed by atoms with Crippen LogP contribution in [0.15, 0.2) is 0 Å². The molecule has 0 fully saturated rings. The van der Waals surface area contributed by atoms with E-state index in [0.717, 1.165) is 0 Å². The van der Waals surface area contributed by atoms with Crippen LogP contribution in [0.5, 0.6) is 0 Å². The van der Waals surface area contributed by atoms with Crippen LogP contribution in [-0.4, -0.2) is 34.9 Å². The molecule has 0 aromatic heterocycles. The van der Waals surface area contributed by atoms with Gasteiger partial charge in [0.2, 0.25) is 0 Å². The molecule has 0 aliphatic rings. The van der Waals surface area contributed by atoms with Gasteiger partial charge in [-0.2, -0.15) is 0 Å². The lowest BCUT2D eigenvalue weighted by molar-refractivity contribution is -0.139. The Morgan fingerprint density at radius 1 is 1.42 bits per heavy atom. The second-order valence-corrected chi connectivity index (χ2v) is 2.07. The fourth-order valence-electron chi connectivity index (χ4n) is 0.490. The normalized spacial score (nSPS) is 13.6. The number of carboxylic acids is 1. The van der Waals surface area contributed by atoms with E-state index < -0.39 is 18.1 Å². The zero-order valence-corrected chi connectivity index (χ0v) is 7.98. The van der Waals surface area contributed by atoms with Gasteiger partial charge >= 0.3 is 5.97 Å². The predicted molar refractivity (Wildman–Crippen MR) is 49.8 cm³/mol. The summed E-state index contributed by atoms with van der Waals surface area (Å²) in [5, 5.41) is 17.1. The third-order valence-electron chi connectivity index (χ3n) is 1.12. The van der Waals surface area contributed by atoms with Gasteiger partial charge in [-0.3, -0.25) is 4.79 Å². The van der Waals surface area contributed by atoms with E-state index in [1.165, 1.54) is 0 Å². The maximum absolute atomic E-state index is 10.1. The molecular formula is C5H14Cl2N2O3. The standard InChI is InChI=1S/C5H12N2O3.2ClH/c6-2-3(8)1-4(7)5(9)10;;/h3-4,8H,1-2,6-7H2,(H,9,10);2*1H. The Balaban J connectivity index is -0.000000405. The lowest BCUT2D eigenvalue weighted by atomic mass is 10.1. The van der Waals surface area contributed by atoms with Crippen molar-refractivity contribution >= 4 is 30.8 Å². The SMILES string of the molecule is Cl.Cl.NCC(O)CC(N)C(=O)O. The Morgan fingerprint density at radius 2 is 1.83 bits per heavy atom. The first-order valence-corrected chi connectivity index (χ1v) is 2.94. The third-order valence-corrected chi connectivity index (χ3v) is 1.12. The summed E-state index contributed by atoms with van der Waals surface area (Å²) in [5.41, 5.74) is 10.1. The first kappa shape index (κ1) is 17.9. The molecule has 0 aromatic rings. The molecule has 2 atom stereocenters. The van der Waals surface area contributed by atoms with Crippen molar-refractivity contribution in [3.63, 3.8) is 0 Å². The maximum Gasteiger partial charge on any atom is 0.320 e. The van der Waals surface area contributed by atoms with Crippen molar-refractivity contribution in [1.29, 1.82) is 0 Å². The highest BCUT2D eigenvalue weighted by atomic mass is 35.5. The quantitative estimate of drug-likeness (QED) is 0.484. The van der Waals surface area contributed by atoms with E-state index >= 15 is 0 Å². The third kappa shape index (κ3) is 8.03. The van der Waals surface area contributed by atoms with E-state index in [2.05, 4.69) is 0 Å². The summed E-state index contributed by atoms with van der Waals surface area (Å²) in [6.07, 6.45) is -0.808. The minimum Gasteiger partial charge on any atom is -0.480 e. The molecule has 0 amide bonds. The molecule has 0 bridgehead atoms. The predicted octanol–water partition coefficient (Wildman–Crippen LogP) is -1.05. The average molecular weight is 221 g/mol. The van der Waals surface area contributed by atoms with Gasteiger partial charge in [-0.05, 0) is 0 Å². The molecule has 2 unspecified atom stereocenters. The molecule has 0 aromatic carbocycles. The monoisotopic (exact) mass is 220 g/mol. The van der Waals surface area contributed by atoms with Crippen molar-refractivity contribution in [3.05, 3.63) is 0 Å². The molecule has 0 aliphatic carbocycles. The molecule has 5 nitrogen and oxygen atoms in total. The van der Waals surface area contributed by atoms with Gasteiger partial charge in [-0.15, -0.1) is 24.8 Å². The smallest absolute Gasteiger partial charge is 0.320 e. The van der Waals surface area contributed by atoms with Crippen LogP contribution in [0.4, 0.5) is 0 Å². The lowest BCUT2D eigenvalue weighted by Crippen LogP contribution is -2.36. The minimum absolute atomic E-state index is 0. The van der Waals surface area contributed by atoms with Crippen LogP contribution in [0.2, 0.25) is 0 Å². The number of halogens is 2. The first-order valence-electron chi connectivity index (χ1n) is 2.94. The van der Waals surface area contributed by atoms with Gasteiger partial charge in [0.05, 0.1) is 6.10 Å². The zero-order chi connectivity index (χ0) is 8.15. The fraction of sp³-hybridized carbons (Fsp3) is 0.800. The van der Waals surface area contributed by atoms with Crippen molar-refractivity contribution in [1.82, 2.24) is 0 Å². The Hall–Kier alpha value is -0.0700. The summed E-state index contributed by atoms with van der Waals surface area (Å²) >= 11 is 0. The number of aliphatic hydroxyl groups is 1. The van der Waals surface area contributed by atoms with E-state index in [4.69, 9.17) is 21.7 Å². The summed E-state index contributed by atoms with van der Waals surface area (Å²) in [6.45, 7) is 0.0426. The molecule has 6 N–H and O–H groups in total. The molecular weight excluding hydrogens is 207 g/mol. The van der Waals surface area contributed by atoms with E-state index in [-0.39, 0.29) is 37.8 Å². The summed E-state index contributed by atoms with van der Waals surface area (Å²) < 4.78 is 0. The van der Waals surface area contributed by atoms with Crippen molar-refractivity contribution < 1.29 is 15.0 Å². The van der Waals surface area contributed by atoms with Crippen LogP contribution >= 0.6 is 24.8 Å². The highest BCUT2D eigenvalue weighted by molar-refractivity contribution is 5.85. The molecule has 0 radical (unpaired) electrons. The van der Waals surface area contributed by atoms with Gasteiger partial charge in [0.15, 0.2) is 0 Å². The molecule has 0 heterocycles. The number of hydrogen-bond acceptors (Lipinski definition) is 4. The first-order chi connectivity index (χ1) is 4.57. The summed E-state index contributed by atoms with van der Waals surface area (Å²) in [6, 6.07) is -1.02. The van der Waals surface area contributed by atoms with E-state index in [9.17, 15) is 4.79 Å². The Morgan fingerprint density at radius 3 is 2.08 bits per heavy atom. The van der Waals surface area contributed by atoms with Crippen LogP contribution in [0.25, 0.3) is 0 Å². The van der Waals surface area contributed by atoms with Gasteiger partial charge in [0.25, 0.3) is 0 Å². The molecule has 7 heteroatoms. The van der Waals surface area contributed by atoms with Crippen LogP contribution in [-0.2, 0) is 4.79 Å². The van der Waals surface area contributed by atoms with Crippen LogP contribution in [0.1, 0.15) is 6.42 Å². The number of rotatable bonds is 4. The number of hydrogen-bond donors (Lipinski definition) is 4. The number of carboxylic acid groups (broad SMARTS) is 1. The van der Waals surface area contributed by atoms with E-state index in [0.29, 0.717) is 0 Å². The minimum atomic E-state index is -1.12. The fourth-order valence-corrected chi connectivity index (χ4v) is 0.490. The van der Waals surface area contributed by atoms with Gasteiger partial charge in [-0.25, -0.2) is 0 Å². The van der Waals surface area contributed by atoms with Crippen molar-refractivity contribution in [2.75, 3.05) is 6.54 Å². The van der Waals surface area contributed by atoms with Crippen LogP contribution in [0.3, 0.4) is 0 Å². The van der Waals surface area contributed by atoms with Crippen molar-refractivity contribution in [2.24, 2.45) is 11.5 Å². The van der Waals surface area contributed by atoms with E-state index in [1.807, 2.05) is 0 Å². The highest BCUT2D eigenvalue weighted by Gasteiger charge is 2.15. The van der Waals surface area contributed by atoms with Gasteiger partial charge < -0.3 is 21.7 Å². The summed E-state index contributed by atoms with van der Waals surface area (Å²) in [4.78, 5) is 10.1. The highest BCUT2D eigenvalue weighted by Crippen LogP contribution is 1.93. The van der Waals surface area contributed by atoms with Gasteiger partial charge in [0.1, 0.15) is 6.04 Å². The average Bonchev–Trinajstić information content (AvgIpc) is 1.87. The topological polar surface area (TPSA) is 110 Å². The van der Waals surface area contributed by atoms with E-state index in [1.54, 1.807) is 0 Å². The number of aliphatic hydroxyl groups excluding tert-OH is 1. The molecule has 0 saturated carbocycles. The molecule has 0 spiro atoms. The molecule has 0 saturated heterocycles. The lowest BCUT2D eigenvalue weighted by Gasteiger charge is -2.09. The molecule has 76 valence electrons. The summed E-state index contributed by atoms with van der Waals surface area (Å²) in [5.74, 6) is -1.12. The summed E-state index contributed by atoms with van der Waals surface area (Å²) in [7, 11) is 0. The molecule has 12 heavy (non-hydrogen) atoms. The van der Waals surface area contributed by atoms with Crippen LogP contribution in [0, 0.1) is 0 Å².